The largest absolute Gasteiger partial charge is 0.496 e. The summed E-state index contributed by atoms with van der Waals surface area (Å²) >= 11 is 0. The summed E-state index contributed by atoms with van der Waals surface area (Å²) in [6.07, 6.45) is 0.261. The Bertz CT molecular complexity index is 827. The molecule has 0 heterocycles. The molecule has 0 aliphatic carbocycles. The number of methoxy groups -OCH3 is 1. The van der Waals surface area contributed by atoms with Crippen LogP contribution in [0.4, 0.5) is 13.2 Å². The van der Waals surface area contributed by atoms with E-state index in [1.54, 1.807) is 0 Å². The molecule has 8 heteroatoms. The van der Waals surface area contributed by atoms with E-state index in [0.717, 1.165) is 12.1 Å². The molecule has 0 saturated carbocycles. The second-order valence-corrected chi connectivity index (χ2v) is 5.60. The Morgan fingerprint density at radius 2 is 1.74 bits per heavy atom. The summed E-state index contributed by atoms with van der Waals surface area (Å²) in [5.41, 5.74) is 0.114. The third kappa shape index (κ3) is 6.02. The number of ether oxygens (including phenoxy) is 2. The van der Waals surface area contributed by atoms with Crippen molar-refractivity contribution in [3.63, 3.8) is 0 Å². The Kier molecular flexibility index (Phi) is 7.22. The lowest BCUT2D eigenvalue weighted by Crippen LogP contribution is -2.26. The van der Waals surface area contributed by atoms with Crippen LogP contribution < -0.4 is 10.1 Å². The summed E-state index contributed by atoms with van der Waals surface area (Å²) in [5, 5.41) is 2.44. The topological polar surface area (TPSA) is 64.6 Å². The monoisotopic (exact) mass is 381 g/mol. The Morgan fingerprint density at radius 3 is 2.44 bits per heavy atom. The van der Waals surface area contributed by atoms with Gasteiger partial charge in [-0.05, 0) is 36.8 Å². The normalized spacial score (nSPS) is 10.4. The van der Waals surface area contributed by atoms with Crippen molar-refractivity contribution in [2.24, 2.45) is 0 Å². The van der Waals surface area contributed by atoms with Crippen molar-refractivity contribution in [3.8, 4) is 5.75 Å². The lowest BCUT2D eigenvalue weighted by molar-refractivity contribution is -0.145. The van der Waals surface area contributed by atoms with Crippen LogP contribution in [-0.4, -0.2) is 25.5 Å². The molecule has 1 amide bonds. The second-order valence-electron chi connectivity index (χ2n) is 5.60. The summed E-state index contributed by atoms with van der Waals surface area (Å²) in [7, 11) is 1.42. The average Bonchev–Trinajstić information content (AvgIpc) is 2.63. The Labute approximate surface area is 154 Å². The molecule has 0 aliphatic rings. The molecule has 2 aromatic carbocycles. The zero-order valence-electron chi connectivity index (χ0n) is 14.6. The molecule has 0 atom stereocenters. The molecule has 0 aromatic heterocycles. The molecule has 0 spiro atoms. The maximum atomic E-state index is 13.5. The maximum absolute atomic E-state index is 13.5. The molecule has 2 aromatic rings. The Hall–Kier alpha value is -3.03. The van der Waals surface area contributed by atoms with Gasteiger partial charge in [-0.15, -0.1) is 0 Å². The number of rotatable bonds is 8. The highest BCUT2D eigenvalue weighted by atomic mass is 19.1. The summed E-state index contributed by atoms with van der Waals surface area (Å²) in [5.74, 6) is -3.05. The molecular formula is C19H18F3NO4. The fourth-order valence-electron chi connectivity index (χ4n) is 2.29. The summed E-state index contributed by atoms with van der Waals surface area (Å²) < 4.78 is 49.6. The highest BCUT2D eigenvalue weighted by Gasteiger charge is 2.13. The lowest BCUT2D eigenvalue weighted by Gasteiger charge is -2.10. The Morgan fingerprint density at radius 1 is 1.04 bits per heavy atom. The molecule has 0 saturated heterocycles. The third-order valence-electron chi connectivity index (χ3n) is 3.65. The van der Waals surface area contributed by atoms with Crippen LogP contribution in [0.1, 0.15) is 28.8 Å². The van der Waals surface area contributed by atoms with Gasteiger partial charge in [0.2, 0.25) is 0 Å². The minimum atomic E-state index is -0.962. The van der Waals surface area contributed by atoms with Crippen molar-refractivity contribution < 1.29 is 32.2 Å². The van der Waals surface area contributed by atoms with E-state index < -0.39 is 29.3 Å². The first kappa shape index (κ1) is 20.3. The molecule has 0 bridgehead atoms. The van der Waals surface area contributed by atoms with Gasteiger partial charge in [-0.3, -0.25) is 9.59 Å². The molecule has 1 N–H and O–H groups in total. The lowest BCUT2D eigenvalue weighted by atomic mass is 10.2. The molecular weight excluding hydrogens is 363 g/mol. The number of hydrogen-bond acceptors (Lipinski definition) is 4. The van der Waals surface area contributed by atoms with Crippen LogP contribution in [0.15, 0.2) is 36.4 Å². The summed E-state index contributed by atoms with van der Waals surface area (Å²) in [6, 6.07) is 6.52. The minimum absolute atomic E-state index is 0.00378. The summed E-state index contributed by atoms with van der Waals surface area (Å²) in [6.45, 7) is -0.0407. The van der Waals surface area contributed by atoms with E-state index >= 15 is 0 Å². The molecule has 144 valence electrons. The van der Waals surface area contributed by atoms with Gasteiger partial charge >= 0.3 is 5.97 Å². The maximum Gasteiger partial charge on any atom is 0.306 e. The van der Waals surface area contributed by atoms with Gasteiger partial charge in [0.15, 0.2) is 0 Å². The van der Waals surface area contributed by atoms with E-state index in [-0.39, 0.29) is 31.6 Å². The number of hydrogen-bond donors (Lipinski definition) is 1. The SMILES string of the molecule is COc1ccc(F)cc1COC(=O)CCCNC(=O)c1ccc(F)cc1F. The summed E-state index contributed by atoms with van der Waals surface area (Å²) in [4.78, 5) is 23.5. The number of nitrogens with one attached hydrogen (secondary N) is 1. The van der Waals surface area contributed by atoms with Crippen LogP contribution in [0.2, 0.25) is 0 Å². The van der Waals surface area contributed by atoms with Crippen LogP contribution >= 0.6 is 0 Å². The predicted molar refractivity (Wildman–Crippen MR) is 90.7 cm³/mol. The molecule has 0 aliphatic heterocycles. The van der Waals surface area contributed by atoms with Crippen molar-refractivity contribution in [1.29, 1.82) is 0 Å². The number of halogens is 3. The van der Waals surface area contributed by atoms with E-state index in [1.165, 1.54) is 25.3 Å². The highest BCUT2D eigenvalue weighted by Crippen LogP contribution is 2.20. The number of esters is 1. The van der Waals surface area contributed by atoms with Gasteiger partial charge in [-0.1, -0.05) is 0 Å². The van der Waals surface area contributed by atoms with Gasteiger partial charge in [0.1, 0.15) is 29.8 Å². The smallest absolute Gasteiger partial charge is 0.306 e. The molecule has 5 nitrogen and oxygen atoms in total. The number of carbonyl (C=O) groups excluding carboxylic acids is 2. The molecule has 0 fully saturated rings. The van der Waals surface area contributed by atoms with Crippen LogP contribution in [0.3, 0.4) is 0 Å². The Balaban J connectivity index is 1.73. The van der Waals surface area contributed by atoms with Crippen LogP contribution in [0, 0.1) is 17.5 Å². The third-order valence-corrected chi connectivity index (χ3v) is 3.65. The van der Waals surface area contributed by atoms with E-state index in [9.17, 15) is 22.8 Å². The van der Waals surface area contributed by atoms with Crippen molar-refractivity contribution >= 4 is 11.9 Å². The van der Waals surface area contributed by atoms with Gasteiger partial charge in [-0.25, -0.2) is 13.2 Å². The quantitative estimate of drug-likeness (QED) is 0.563. The second kappa shape index (κ2) is 9.61. The van der Waals surface area contributed by atoms with Crippen LogP contribution in [-0.2, 0) is 16.1 Å². The van der Waals surface area contributed by atoms with Crippen molar-refractivity contribution in [1.82, 2.24) is 5.32 Å². The minimum Gasteiger partial charge on any atom is -0.496 e. The molecule has 2 rings (SSSR count). The van der Waals surface area contributed by atoms with Crippen molar-refractivity contribution in [3.05, 3.63) is 65.0 Å². The molecule has 0 unspecified atom stereocenters. The first-order chi connectivity index (χ1) is 12.9. The van der Waals surface area contributed by atoms with Crippen molar-refractivity contribution in [2.75, 3.05) is 13.7 Å². The van der Waals surface area contributed by atoms with E-state index in [0.29, 0.717) is 17.4 Å². The van der Waals surface area contributed by atoms with E-state index in [1.807, 2.05) is 0 Å². The molecule has 0 radical (unpaired) electrons. The number of benzene rings is 2. The van der Waals surface area contributed by atoms with Crippen LogP contribution in [0.25, 0.3) is 0 Å². The zero-order chi connectivity index (χ0) is 19.8. The number of carbonyl (C=O) groups is 2. The van der Waals surface area contributed by atoms with Crippen molar-refractivity contribution in [2.45, 2.75) is 19.4 Å². The van der Waals surface area contributed by atoms with Gasteiger partial charge in [0.05, 0.1) is 12.7 Å². The zero-order valence-corrected chi connectivity index (χ0v) is 14.6. The van der Waals surface area contributed by atoms with Gasteiger partial charge in [0.25, 0.3) is 5.91 Å². The number of amides is 1. The fraction of sp³-hybridized carbons (Fsp3) is 0.263. The first-order valence-electron chi connectivity index (χ1n) is 8.12. The van der Waals surface area contributed by atoms with Crippen LogP contribution in [0.5, 0.6) is 5.75 Å². The molecule has 27 heavy (non-hydrogen) atoms. The predicted octanol–water partition coefficient (Wildman–Crippen LogP) is 3.37. The highest BCUT2D eigenvalue weighted by molar-refractivity contribution is 5.94. The van der Waals surface area contributed by atoms with Gasteiger partial charge in [0, 0.05) is 24.6 Å². The van der Waals surface area contributed by atoms with Gasteiger partial charge < -0.3 is 14.8 Å². The average molecular weight is 381 g/mol. The van der Waals surface area contributed by atoms with Gasteiger partial charge in [-0.2, -0.15) is 0 Å². The first-order valence-corrected chi connectivity index (χ1v) is 8.12. The van der Waals surface area contributed by atoms with E-state index in [2.05, 4.69) is 5.32 Å². The van der Waals surface area contributed by atoms with E-state index in [4.69, 9.17) is 9.47 Å². The standard InChI is InChI=1S/C19H18F3NO4/c1-26-17-7-5-13(20)9-12(17)11-27-18(24)3-2-8-23-19(25)15-6-4-14(21)10-16(15)22/h4-7,9-10H,2-3,8,11H2,1H3,(H,23,25). The fourth-order valence-corrected chi connectivity index (χ4v) is 2.29.